The lowest BCUT2D eigenvalue weighted by molar-refractivity contribution is -0.144. The molecule has 0 bridgehead atoms. The summed E-state index contributed by atoms with van der Waals surface area (Å²) in [7, 11) is 0. The second kappa shape index (κ2) is 10.4. The molecular weight excluding hydrogens is 426 g/mol. The molecule has 1 aromatic carbocycles. The summed E-state index contributed by atoms with van der Waals surface area (Å²) in [6.45, 7) is 9.87. The monoisotopic (exact) mass is 467 g/mol. The molecule has 3 aliphatic heterocycles. The smallest absolute Gasteiger partial charge is 0.230 e. The minimum Gasteiger partial charge on any atom is -0.373 e. The van der Waals surface area contributed by atoms with Crippen molar-refractivity contribution in [3.05, 3.63) is 29.8 Å². The molecule has 3 heterocycles. The molecule has 34 heavy (non-hydrogen) atoms. The van der Waals surface area contributed by atoms with Crippen LogP contribution in [0.25, 0.3) is 0 Å². The van der Waals surface area contributed by atoms with Gasteiger partial charge in [-0.1, -0.05) is 31.0 Å². The lowest BCUT2D eigenvalue weighted by Gasteiger charge is -2.41. The van der Waals surface area contributed by atoms with Crippen molar-refractivity contribution in [2.24, 2.45) is 17.8 Å². The Hall–Kier alpha value is -1.92. The van der Waals surface area contributed by atoms with E-state index in [1.165, 1.54) is 5.56 Å². The molecule has 6 nitrogen and oxygen atoms in total. The summed E-state index contributed by atoms with van der Waals surface area (Å²) in [6, 6.07) is 8.23. The highest BCUT2D eigenvalue weighted by atomic mass is 16.5. The van der Waals surface area contributed by atoms with Gasteiger partial charge in [-0.15, -0.1) is 0 Å². The van der Waals surface area contributed by atoms with Crippen molar-refractivity contribution >= 4 is 17.5 Å². The molecule has 0 N–H and O–H groups in total. The van der Waals surface area contributed by atoms with Gasteiger partial charge >= 0.3 is 0 Å². The van der Waals surface area contributed by atoms with Gasteiger partial charge in [-0.2, -0.15) is 0 Å². The Morgan fingerprint density at radius 2 is 1.53 bits per heavy atom. The minimum absolute atomic E-state index is 0.147. The number of piperidine rings is 1. The summed E-state index contributed by atoms with van der Waals surface area (Å²) in [5.41, 5.74) is 2.30. The Labute approximate surface area is 204 Å². The van der Waals surface area contributed by atoms with Crippen molar-refractivity contribution in [3.63, 3.8) is 0 Å². The summed E-state index contributed by atoms with van der Waals surface area (Å²) < 4.78 is 5.88. The zero-order chi connectivity index (χ0) is 23.7. The van der Waals surface area contributed by atoms with Gasteiger partial charge in [0.05, 0.1) is 18.1 Å². The number of para-hydroxylation sites is 1. The number of fused-ring (bicyclic) bond motifs is 1. The van der Waals surface area contributed by atoms with Gasteiger partial charge in [0, 0.05) is 50.9 Å². The first-order valence-electron chi connectivity index (χ1n) is 13.6. The fraction of sp³-hybridized carbons (Fsp3) is 0.714. The van der Waals surface area contributed by atoms with Crippen molar-refractivity contribution in [2.45, 2.75) is 71.0 Å². The standard InChI is InChI=1S/C28H41N3O3/c1-20-17-29(18-21(2)34-20)19-22-11-14-30(15-12-22)27(32)24-8-4-5-9-25(24)28(33)31-16-13-23-7-3-6-10-26(23)31/h3,6-7,10,20-22,24-25H,4-5,8-9,11-19H2,1-2H3. The topological polar surface area (TPSA) is 53.1 Å². The molecule has 5 rings (SSSR count). The summed E-state index contributed by atoms with van der Waals surface area (Å²) in [6.07, 6.45) is 7.46. The second-order valence-corrected chi connectivity index (χ2v) is 11.1. The van der Waals surface area contributed by atoms with Gasteiger partial charge in [-0.25, -0.2) is 0 Å². The van der Waals surface area contributed by atoms with Gasteiger partial charge < -0.3 is 14.5 Å². The first kappa shape index (κ1) is 23.8. The van der Waals surface area contributed by atoms with Gasteiger partial charge in [0.1, 0.15) is 0 Å². The van der Waals surface area contributed by atoms with Crippen molar-refractivity contribution in [1.82, 2.24) is 9.80 Å². The summed E-state index contributed by atoms with van der Waals surface area (Å²) >= 11 is 0. The summed E-state index contributed by atoms with van der Waals surface area (Å²) in [4.78, 5) is 33.9. The molecule has 0 radical (unpaired) electrons. The number of anilines is 1. The van der Waals surface area contributed by atoms with Crippen LogP contribution in [0.1, 0.15) is 57.9 Å². The number of carbonyl (C=O) groups excluding carboxylic acids is 2. The molecule has 4 aliphatic rings. The first-order valence-corrected chi connectivity index (χ1v) is 13.6. The van der Waals surface area contributed by atoms with Crippen LogP contribution in [0.3, 0.4) is 0 Å². The minimum atomic E-state index is -0.165. The second-order valence-electron chi connectivity index (χ2n) is 11.1. The van der Waals surface area contributed by atoms with Crippen LogP contribution in [0.2, 0.25) is 0 Å². The molecule has 1 saturated carbocycles. The van der Waals surface area contributed by atoms with E-state index in [-0.39, 0.29) is 23.7 Å². The third-order valence-electron chi connectivity index (χ3n) is 8.49. The van der Waals surface area contributed by atoms with Gasteiger partial charge in [-0.3, -0.25) is 14.5 Å². The third-order valence-corrected chi connectivity index (χ3v) is 8.49. The van der Waals surface area contributed by atoms with Crippen LogP contribution >= 0.6 is 0 Å². The number of morpholine rings is 1. The highest BCUT2D eigenvalue weighted by Crippen LogP contribution is 2.37. The number of rotatable bonds is 4. The zero-order valence-electron chi connectivity index (χ0n) is 21.0. The fourth-order valence-electron chi connectivity index (χ4n) is 6.86. The van der Waals surface area contributed by atoms with Gasteiger partial charge in [0.2, 0.25) is 11.8 Å². The van der Waals surface area contributed by atoms with Crippen LogP contribution in [0, 0.1) is 17.8 Å². The lowest BCUT2D eigenvalue weighted by atomic mass is 9.77. The van der Waals surface area contributed by atoms with E-state index in [2.05, 4.69) is 35.8 Å². The molecule has 1 aliphatic carbocycles. The SMILES string of the molecule is CC1CN(CC2CCN(C(=O)C3CCCCC3C(=O)N3CCc4ccccc43)CC2)CC(C)O1. The molecule has 186 valence electrons. The van der Waals surface area contributed by atoms with E-state index in [0.29, 0.717) is 18.1 Å². The van der Waals surface area contributed by atoms with E-state index in [1.807, 2.05) is 17.0 Å². The summed E-state index contributed by atoms with van der Waals surface area (Å²) in [5.74, 6) is 0.741. The quantitative estimate of drug-likeness (QED) is 0.677. The molecule has 0 aromatic heterocycles. The largest absolute Gasteiger partial charge is 0.373 e. The molecule has 4 unspecified atom stereocenters. The number of likely N-dealkylation sites (tertiary alicyclic amines) is 1. The lowest BCUT2D eigenvalue weighted by Crippen LogP contribution is -2.50. The van der Waals surface area contributed by atoms with E-state index >= 15 is 0 Å². The first-order chi connectivity index (χ1) is 16.5. The molecule has 0 spiro atoms. The predicted octanol–water partition coefficient (Wildman–Crippen LogP) is 3.73. The maximum Gasteiger partial charge on any atom is 0.230 e. The van der Waals surface area contributed by atoms with Crippen molar-refractivity contribution in [3.8, 4) is 0 Å². The van der Waals surface area contributed by atoms with Crippen LogP contribution < -0.4 is 4.90 Å². The van der Waals surface area contributed by atoms with Crippen LogP contribution in [0.4, 0.5) is 5.69 Å². The number of benzene rings is 1. The number of ether oxygens (including phenoxy) is 1. The average Bonchev–Trinajstić information content (AvgIpc) is 3.27. The molecule has 1 aromatic rings. The molecule has 3 fully saturated rings. The molecule has 4 atom stereocenters. The van der Waals surface area contributed by atoms with Crippen LogP contribution in [0.5, 0.6) is 0 Å². The van der Waals surface area contributed by atoms with Crippen LogP contribution in [-0.4, -0.2) is 73.1 Å². The zero-order valence-corrected chi connectivity index (χ0v) is 21.0. The summed E-state index contributed by atoms with van der Waals surface area (Å²) in [5, 5.41) is 0. The number of amides is 2. The average molecular weight is 468 g/mol. The molecule has 2 saturated heterocycles. The number of carbonyl (C=O) groups is 2. The van der Waals surface area contributed by atoms with Gasteiger partial charge in [0.25, 0.3) is 0 Å². The van der Waals surface area contributed by atoms with E-state index < -0.39 is 0 Å². The predicted molar refractivity (Wildman–Crippen MR) is 134 cm³/mol. The number of hydrogen-bond donors (Lipinski definition) is 0. The Morgan fingerprint density at radius 3 is 2.24 bits per heavy atom. The third kappa shape index (κ3) is 5.03. The Kier molecular flexibility index (Phi) is 7.26. The van der Waals surface area contributed by atoms with Crippen molar-refractivity contribution in [2.75, 3.05) is 44.2 Å². The van der Waals surface area contributed by atoms with E-state index in [0.717, 1.165) is 89.9 Å². The normalized spacial score (nSPS) is 30.9. The maximum atomic E-state index is 13.6. The van der Waals surface area contributed by atoms with E-state index in [9.17, 15) is 9.59 Å². The van der Waals surface area contributed by atoms with Gasteiger partial charge in [0.15, 0.2) is 0 Å². The van der Waals surface area contributed by atoms with Crippen molar-refractivity contribution in [1.29, 1.82) is 0 Å². The fourth-order valence-corrected chi connectivity index (χ4v) is 6.86. The van der Waals surface area contributed by atoms with E-state index in [1.54, 1.807) is 0 Å². The number of hydrogen-bond acceptors (Lipinski definition) is 4. The van der Waals surface area contributed by atoms with Crippen LogP contribution in [-0.2, 0) is 20.7 Å². The van der Waals surface area contributed by atoms with Crippen LogP contribution in [0.15, 0.2) is 24.3 Å². The Bertz CT molecular complexity index is 871. The molecular formula is C28H41N3O3. The molecule has 2 amide bonds. The Morgan fingerprint density at radius 1 is 0.882 bits per heavy atom. The molecule has 6 heteroatoms. The highest BCUT2D eigenvalue weighted by molar-refractivity contribution is 5.99. The highest BCUT2D eigenvalue weighted by Gasteiger charge is 2.41. The number of nitrogens with zero attached hydrogens (tertiary/aromatic N) is 3. The van der Waals surface area contributed by atoms with E-state index in [4.69, 9.17) is 4.74 Å². The van der Waals surface area contributed by atoms with Crippen molar-refractivity contribution < 1.29 is 14.3 Å². The Balaban J connectivity index is 1.18. The van der Waals surface area contributed by atoms with Gasteiger partial charge in [-0.05, 0) is 63.5 Å². The maximum absolute atomic E-state index is 13.6.